The highest BCUT2D eigenvalue weighted by atomic mass is 79.9. The number of anilines is 1. The van der Waals surface area contributed by atoms with E-state index in [-0.39, 0.29) is 12.5 Å². The number of carbonyl (C=O) groups is 1. The number of aryl methyl sites for hydroxylation is 1. The Morgan fingerprint density at radius 1 is 0.963 bits per heavy atom. The van der Waals surface area contributed by atoms with Gasteiger partial charge in [-0.3, -0.25) is 4.79 Å². The SMILES string of the molecule is Cc1cc(OCC(=O)Nc2ccccc2-c2ccccc2)c(C)c(C)c1Br. The Balaban J connectivity index is 1.73. The zero-order chi connectivity index (χ0) is 19.4. The second kappa shape index (κ2) is 8.40. The Morgan fingerprint density at radius 3 is 2.37 bits per heavy atom. The third-order valence-corrected chi connectivity index (χ3v) is 5.82. The molecule has 138 valence electrons. The van der Waals surface area contributed by atoms with Crippen LogP contribution in [-0.2, 0) is 4.79 Å². The zero-order valence-corrected chi connectivity index (χ0v) is 17.3. The Hall–Kier alpha value is -2.59. The molecule has 0 spiro atoms. The zero-order valence-electron chi connectivity index (χ0n) is 15.7. The van der Waals surface area contributed by atoms with Gasteiger partial charge in [0.15, 0.2) is 6.61 Å². The maximum atomic E-state index is 12.5. The highest BCUT2D eigenvalue weighted by Gasteiger charge is 2.12. The lowest BCUT2D eigenvalue weighted by molar-refractivity contribution is -0.118. The van der Waals surface area contributed by atoms with Crippen LogP contribution in [0.3, 0.4) is 0 Å². The fourth-order valence-corrected chi connectivity index (χ4v) is 3.37. The van der Waals surface area contributed by atoms with E-state index in [1.165, 1.54) is 0 Å². The number of hydrogen-bond donors (Lipinski definition) is 1. The summed E-state index contributed by atoms with van der Waals surface area (Å²) in [5, 5.41) is 2.97. The monoisotopic (exact) mass is 423 g/mol. The largest absolute Gasteiger partial charge is 0.483 e. The molecular formula is C23H22BrNO2. The van der Waals surface area contributed by atoms with Gasteiger partial charge in [-0.2, -0.15) is 0 Å². The average molecular weight is 424 g/mol. The number of nitrogens with one attached hydrogen (secondary N) is 1. The van der Waals surface area contributed by atoms with Gasteiger partial charge in [0.1, 0.15) is 5.75 Å². The van der Waals surface area contributed by atoms with Gasteiger partial charge in [-0.05, 0) is 55.2 Å². The summed E-state index contributed by atoms with van der Waals surface area (Å²) in [5.74, 6) is 0.552. The Kier molecular flexibility index (Phi) is 5.97. The van der Waals surface area contributed by atoms with Crippen LogP contribution in [0.5, 0.6) is 5.75 Å². The van der Waals surface area contributed by atoms with Crippen molar-refractivity contribution in [2.24, 2.45) is 0 Å². The van der Waals surface area contributed by atoms with Crippen molar-refractivity contribution in [2.75, 3.05) is 11.9 Å². The first-order valence-electron chi connectivity index (χ1n) is 8.80. The summed E-state index contributed by atoms with van der Waals surface area (Å²) in [6.07, 6.45) is 0. The number of amides is 1. The molecule has 0 bridgehead atoms. The van der Waals surface area contributed by atoms with E-state index in [1.54, 1.807) is 0 Å². The number of benzene rings is 3. The topological polar surface area (TPSA) is 38.3 Å². The maximum Gasteiger partial charge on any atom is 0.262 e. The molecule has 0 atom stereocenters. The van der Waals surface area contributed by atoms with Crippen LogP contribution in [0.15, 0.2) is 65.1 Å². The van der Waals surface area contributed by atoms with E-state index in [2.05, 4.69) is 21.2 Å². The fraction of sp³-hybridized carbons (Fsp3) is 0.174. The van der Waals surface area contributed by atoms with Gasteiger partial charge < -0.3 is 10.1 Å². The number of para-hydroxylation sites is 1. The summed E-state index contributed by atoms with van der Waals surface area (Å²) in [4.78, 5) is 12.5. The van der Waals surface area contributed by atoms with E-state index < -0.39 is 0 Å². The smallest absolute Gasteiger partial charge is 0.262 e. The van der Waals surface area contributed by atoms with Gasteiger partial charge in [0.25, 0.3) is 5.91 Å². The molecule has 0 saturated carbocycles. The lowest BCUT2D eigenvalue weighted by Gasteiger charge is -2.15. The van der Waals surface area contributed by atoms with Crippen molar-refractivity contribution in [3.8, 4) is 16.9 Å². The molecule has 0 heterocycles. The third-order valence-electron chi connectivity index (χ3n) is 4.60. The van der Waals surface area contributed by atoms with Gasteiger partial charge in [0, 0.05) is 15.7 Å². The summed E-state index contributed by atoms with van der Waals surface area (Å²) < 4.78 is 6.88. The average Bonchev–Trinajstić information content (AvgIpc) is 2.69. The molecule has 1 amide bonds. The molecule has 0 aliphatic rings. The molecule has 0 aromatic heterocycles. The predicted octanol–water partition coefficient (Wildman–Crippen LogP) is 6.06. The van der Waals surface area contributed by atoms with E-state index in [4.69, 9.17) is 4.74 Å². The molecule has 3 aromatic carbocycles. The lowest BCUT2D eigenvalue weighted by Crippen LogP contribution is -2.21. The fourth-order valence-electron chi connectivity index (χ4n) is 2.95. The van der Waals surface area contributed by atoms with Crippen LogP contribution in [0.2, 0.25) is 0 Å². The quantitative estimate of drug-likeness (QED) is 0.541. The van der Waals surface area contributed by atoms with Crippen LogP contribution in [0.4, 0.5) is 5.69 Å². The standard InChI is InChI=1S/C23H22BrNO2/c1-15-13-21(16(2)17(3)23(15)24)27-14-22(26)25-20-12-8-7-11-19(20)18-9-5-4-6-10-18/h4-13H,14H2,1-3H3,(H,25,26). The van der Waals surface area contributed by atoms with Crippen LogP contribution in [0, 0.1) is 20.8 Å². The minimum Gasteiger partial charge on any atom is -0.483 e. The van der Waals surface area contributed by atoms with Gasteiger partial charge in [0.2, 0.25) is 0 Å². The first-order valence-corrected chi connectivity index (χ1v) is 9.60. The number of carbonyl (C=O) groups excluding carboxylic acids is 1. The predicted molar refractivity (Wildman–Crippen MR) is 114 cm³/mol. The molecule has 0 radical (unpaired) electrons. The van der Waals surface area contributed by atoms with Crippen LogP contribution < -0.4 is 10.1 Å². The second-order valence-corrected chi connectivity index (χ2v) is 7.30. The van der Waals surface area contributed by atoms with Crippen molar-refractivity contribution in [3.05, 3.63) is 81.8 Å². The number of halogens is 1. The molecule has 0 fully saturated rings. The molecule has 0 saturated heterocycles. The highest BCUT2D eigenvalue weighted by Crippen LogP contribution is 2.31. The van der Waals surface area contributed by atoms with E-state index >= 15 is 0 Å². The van der Waals surface area contributed by atoms with Gasteiger partial charge >= 0.3 is 0 Å². The maximum absolute atomic E-state index is 12.5. The molecule has 27 heavy (non-hydrogen) atoms. The summed E-state index contributed by atoms with van der Waals surface area (Å²) in [5.41, 5.74) is 6.06. The first kappa shape index (κ1) is 19.2. The van der Waals surface area contributed by atoms with Crippen LogP contribution in [0.25, 0.3) is 11.1 Å². The summed E-state index contributed by atoms with van der Waals surface area (Å²) >= 11 is 3.58. The van der Waals surface area contributed by atoms with Crippen molar-refractivity contribution in [1.29, 1.82) is 0 Å². The van der Waals surface area contributed by atoms with Crippen molar-refractivity contribution in [2.45, 2.75) is 20.8 Å². The first-order chi connectivity index (χ1) is 13.0. The molecule has 3 nitrogen and oxygen atoms in total. The van der Waals surface area contributed by atoms with E-state index in [9.17, 15) is 4.79 Å². The van der Waals surface area contributed by atoms with Crippen molar-refractivity contribution >= 4 is 27.5 Å². The van der Waals surface area contributed by atoms with E-state index in [1.807, 2.05) is 81.4 Å². The molecule has 1 N–H and O–H groups in total. The summed E-state index contributed by atoms with van der Waals surface area (Å²) in [6, 6.07) is 19.7. The van der Waals surface area contributed by atoms with Crippen molar-refractivity contribution in [1.82, 2.24) is 0 Å². The summed E-state index contributed by atoms with van der Waals surface area (Å²) in [7, 11) is 0. The lowest BCUT2D eigenvalue weighted by atomic mass is 10.0. The molecule has 0 unspecified atom stereocenters. The minimum absolute atomic E-state index is 0.0372. The third kappa shape index (κ3) is 4.40. The van der Waals surface area contributed by atoms with Crippen LogP contribution in [-0.4, -0.2) is 12.5 Å². The van der Waals surface area contributed by atoms with Crippen molar-refractivity contribution < 1.29 is 9.53 Å². The highest BCUT2D eigenvalue weighted by molar-refractivity contribution is 9.10. The van der Waals surface area contributed by atoms with Crippen LogP contribution in [0.1, 0.15) is 16.7 Å². The number of ether oxygens (including phenoxy) is 1. The molecule has 0 aliphatic carbocycles. The van der Waals surface area contributed by atoms with Crippen molar-refractivity contribution in [3.63, 3.8) is 0 Å². The van der Waals surface area contributed by atoms with E-state index in [0.29, 0.717) is 0 Å². The summed E-state index contributed by atoms with van der Waals surface area (Å²) in [6.45, 7) is 6.01. The molecule has 3 rings (SSSR count). The Labute approximate surface area is 168 Å². The number of rotatable bonds is 5. The van der Waals surface area contributed by atoms with E-state index in [0.717, 1.165) is 43.7 Å². The molecule has 3 aromatic rings. The second-order valence-electron chi connectivity index (χ2n) is 6.50. The van der Waals surface area contributed by atoms with Gasteiger partial charge in [-0.25, -0.2) is 0 Å². The van der Waals surface area contributed by atoms with Gasteiger partial charge in [0.05, 0.1) is 0 Å². The van der Waals surface area contributed by atoms with Gasteiger partial charge in [-0.1, -0.05) is 64.5 Å². The normalized spacial score (nSPS) is 10.5. The minimum atomic E-state index is -0.184. The number of hydrogen-bond acceptors (Lipinski definition) is 2. The molecule has 0 aliphatic heterocycles. The molecular weight excluding hydrogens is 402 g/mol. The molecule has 4 heteroatoms. The Morgan fingerprint density at radius 2 is 1.63 bits per heavy atom. The Bertz CT molecular complexity index is 968. The van der Waals surface area contributed by atoms with Crippen LogP contribution >= 0.6 is 15.9 Å². The van der Waals surface area contributed by atoms with Gasteiger partial charge in [-0.15, -0.1) is 0 Å².